The fourth-order valence-electron chi connectivity index (χ4n) is 1.77. The van der Waals surface area contributed by atoms with E-state index < -0.39 is 21.7 Å². The first kappa shape index (κ1) is 15.6. The average molecular weight is 323 g/mol. The van der Waals surface area contributed by atoms with E-state index in [4.69, 9.17) is 9.84 Å². The summed E-state index contributed by atoms with van der Waals surface area (Å²) in [6, 6.07) is 9.22. The lowest BCUT2D eigenvalue weighted by molar-refractivity contribution is 0.0697. The lowest BCUT2D eigenvalue weighted by Crippen LogP contribution is -2.15. The van der Waals surface area contributed by atoms with E-state index in [-0.39, 0.29) is 16.1 Å². The summed E-state index contributed by atoms with van der Waals surface area (Å²) < 4.78 is 31.6. The summed E-state index contributed by atoms with van der Waals surface area (Å²) in [6.07, 6.45) is 0. The van der Waals surface area contributed by atoms with Crippen LogP contribution in [0.1, 0.15) is 10.4 Å². The molecule has 0 unspecified atom stereocenters. The van der Waals surface area contributed by atoms with Crippen LogP contribution in [0.15, 0.2) is 47.4 Å². The third-order valence-corrected chi connectivity index (χ3v) is 4.24. The van der Waals surface area contributed by atoms with E-state index in [2.05, 4.69) is 4.72 Å². The molecule has 2 aromatic carbocycles. The molecule has 0 fully saturated rings. The highest BCUT2D eigenvalue weighted by Gasteiger charge is 2.21. The molecule has 8 heteroatoms. The Balaban J connectivity index is 2.42. The molecule has 7 nitrogen and oxygen atoms in total. The molecule has 0 saturated heterocycles. The summed E-state index contributed by atoms with van der Waals surface area (Å²) in [7, 11) is -2.60. The molecule has 0 heterocycles. The van der Waals surface area contributed by atoms with E-state index >= 15 is 0 Å². The van der Waals surface area contributed by atoms with E-state index in [0.717, 1.165) is 0 Å². The maximum absolute atomic E-state index is 12.3. The molecule has 2 aromatic rings. The number of anilines is 1. The number of nitrogens with one attached hydrogen (secondary N) is 1. The van der Waals surface area contributed by atoms with Crippen LogP contribution >= 0.6 is 0 Å². The number of phenols is 1. The number of carboxylic acids is 1. The van der Waals surface area contributed by atoms with Crippen molar-refractivity contribution in [1.29, 1.82) is 0 Å². The number of carboxylic acid groups (broad SMARTS) is 1. The molecule has 0 aliphatic carbocycles. The number of ether oxygens (including phenoxy) is 1. The van der Waals surface area contributed by atoms with Crippen molar-refractivity contribution in [3.63, 3.8) is 0 Å². The molecular weight excluding hydrogens is 310 g/mol. The number of methoxy groups -OCH3 is 1. The first-order valence-electron chi connectivity index (χ1n) is 6.07. The third-order valence-electron chi connectivity index (χ3n) is 2.88. The van der Waals surface area contributed by atoms with Gasteiger partial charge in [-0.05, 0) is 36.4 Å². The van der Waals surface area contributed by atoms with Crippen LogP contribution in [0.4, 0.5) is 5.69 Å². The standard InChI is InChI=1S/C14H13NO6S/c1-21-9-5-7-10(8-6-9)22(19,20)15-13-11(14(17)18)3-2-4-12(13)16/h2-8,15-16H,1H3,(H,17,18). The summed E-state index contributed by atoms with van der Waals surface area (Å²) in [5.41, 5.74) is -0.733. The molecule has 0 saturated carbocycles. The molecule has 0 aromatic heterocycles. The van der Waals surface area contributed by atoms with E-state index in [1.165, 1.54) is 49.6 Å². The SMILES string of the molecule is COc1ccc(S(=O)(=O)Nc2c(O)cccc2C(=O)O)cc1. The Morgan fingerprint density at radius 1 is 1.14 bits per heavy atom. The highest BCUT2D eigenvalue weighted by atomic mass is 32.2. The van der Waals surface area contributed by atoms with Gasteiger partial charge >= 0.3 is 5.97 Å². The van der Waals surface area contributed by atoms with Gasteiger partial charge in [0, 0.05) is 0 Å². The minimum Gasteiger partial charge on any atom is -0.506 e. The van der Waals surface area contributed by atoms with Crippen molar-refractivity contribution in [3.8, 4) is 11.5 Å². The highest BCUT2D eigenvalue weighted by molar-refractivity contribution is 7.92. The predicted octanol–water partition coefficient (Wildman–Crippen LogP) is 1.90. The van der Waals surface area contributed by atoms with E-state index in [1.54, 1.807) is 0 Å². The van der Waals surface area contributed by atoms with Crippen molar-refractivity contribution in [3.05, 3.63) is 48.0 Å². The smallest absolute Gasteiger partial charge is 0.337 e. The molecular formula is C14H13NO6S. The summed E-state index contributed by atoms with van der Waals surface area (Å²) in [6.45, 7) is 0. The van der Waals surface area contributed by atoms with Crippen LogP contribution in [0.5, 0.6) is 11.5 Å². The van der Waals surface area contributed by atoms with Gasteiger partial charge in [-0.15, -0.1) is 0 Å². The fourth-order valence-corrected chi connectivity index (χ4v) is 2.87. The molecule has 0 radical (unpaired) electrons. The molecule has 2 rings (SSSR count). The number of sulfonamides is 1. The maximum Gasteiger partial charge on any atom is 0.337 e. The van der Waals surface area contributed by atoms with Crippen LogP contribution in [0.2, 0.25) is 0 Å². The van der Waals surface area contributed by atoms with Gasteiger partial charge in [-0.3, -0.25) is 4.72 Å². The van der Waals surface area contributed by atoms with Gasteiger partial charge in [-0.1, -0.05) is 6.07 Å². The van der Waals surface area contributed by atoms with E-state index in [0.29, 0.717) is 5.75 Å². The predicted molar refractivity (Wildman–Crippen MR) is 78.9 cm³/mol. The lowest BCUT2D eigenvalue weighted by atomic mass is 10.2. The van der Waals surface area contributed by atoms with Gasteiger partial charge in [0.05, 0.1) is 17.6 Å². The molecule has 0 spiro atoms. The van der Waals surface area contributed by atoms with Gasteiger partial charge in [0.1, 0.15) is 17.2 Å². The fraction of sp³-hybridized carbons (Fsp3) is 0.0714. The molecule has 22 heavy (non-hydrogen) atoms. The van der Waals surface area contributed by atoms with Crippen LogP contribution < -0.4 is 9.46 Å². The second-order valence-electron chi connectivity index (χ2n) is 4.29. The van der Waals surface area contributed by atoms with Crippen LogP contribution in [0.25, 0.3) is 0 Å². The zero-order valence-electron chi connectivity index (χ0n) is 11.5. The van der Waals surface area contributed by atoms with Gasteiger partial charge in [0.25, 0.3) is 10.0 Å². The first-order valence-corrected chi connectivity index (χ1v) is 7.55. The molecule has 3 N–H and O–H groups in total. The minimum absolute atomic E-state index is 0.0899. The molecule has 0 bridgehead atoms. The van der Waals surface area contributed by atoms with Gasteiger partial charge < -0.3 is 14.9 Å². The number of para-hydroxylation sites is 1. The van der Waals surface area contributed by atoms with Crippen molar-refractivity contribution < 1.29 is 28.2 Å². The summed E-state index contributed by atoms with van der Waals surface area (Å²) >= 11 is 0. The summed E-state index contributed by atoms with van der Waals surface area (Å²) in [5, 5.41) is 18.8. The van der Waals surface area contributed by atoms with Gasteiger partial charge in [0.2, 0.25) is 0 Å². The maximum atomic E-state index is 12.3. The van der Waals surface area contributed by atoms with Crippen molar-refractivity contribution in [1.82, 2.24) is 0 Å². The monoisotopic (exact) mass is 323 g/mol. The zero-order chi connectivity index (χ0) is 16.3. The third kappa shape index (κ3) is 3.12. The number of carbonyl (C=O) groups is 1. The highest BCUT2D eigenvalue weighted by Crippen LogP contribution is 2.30. The molecule has 0 atom stereocenters. The Labute approximate surface area is 126 Å². The van der Waals surface area contributed by atoms with Crippen molar-refractivity contribution >= 4 is 21.7 Å². The number of phenolic OH excluding ortho intramolecular Hbond substituents is 1. The Hall–Kier alpha value is -2.74. The number of hydrogen-bond donors (Lipinski definition) is 3. The zero-order valence-corrected chi connectivity index (χ0v) is 12.3. The number of rotatable bonds is 5. The number of benzene rings is 2. The molecule has 0 amide bonds. The van der Waals surface area contributed by atoms with Gasteiger partial charge in [-0.2, -0.15) is 0 Å². The summed E-state index contributed by atoms with van der Waals surface area (Å²) in [4.78, 5) is 11.0. The lowest BCUT2D eigenvalue weighted by Gasteiger charge is -2.12. The second kappa shape index (κ2) is 5.94. The van der Waals surface area contributed by atoms with Crippen LogP contribution in [-0.4, -0.2) is 31.7 Å². The number of hydrogen-bond acceptors (Lipinski definition) is 5. The first-order chi connectivity index (χ1) is 10.3. The van der Waals surface area contributed by atoms with Crippen LogP contribution in [0, 0.1) is 0 Å². The second-order valence-corrected chi connectivity index (χ2v) is 5.97. The van der Waals surface area contributed by atoms with Crippen molar-refractivity contribution in [2.24, 2.45) is 0 Å². The average Bonchev–Trinajstić information content (AvgIpc) is 2.49. The largest absolute Gasteiger partial charge is 0.506 e. The normalized spacial score (nSPS) is 11.0. The molecule has 116 valence electrons. The Morgan fingerprint density at radius 3 is 2.32 bits per heavy atom. The Bertz CT molecular complexity index is 799. The van der Waals surface area contributed by atoms with Gasteiger partial charge in [-0.25, -0.2) is 13.2 Å². The minimum atomic E-state index is -4.05. The number of aromatic hydroxyl groups is 1. The topological polar surface area (TPSA) is 113 Å². The van der Waals surface area contributed by atoms with Crippen molar-refractivity contribution in [2.45, 2.75) is 4.90 Å². The van der Waals surface area contributed by atoms with Crippen molar-refractivity contribution in [2.75, 3.05) is 11.8 Å². The molecule has 0 aliphatic rings. The van der Waals surface area contributed by atoms with E-state index in [9.17, 15) is 18.3 Å². The number of aromatic carboxylic acids is 1. The molecule has 0 aliphatic heterocycles. The van der Waals surface area contributed by atoms with Crippen LogP contribution in [-0.2, 0) is 10.0 Å². The quantitative estimate of drug-likeness (QED) is 0.724. The Kier molecular flexibility index (Phi) is 4.22. The van der Waals surface area contributed by atoms with Crippen LogP contribution in [0.3, 0.4) is 0 Å². The Morgan fingerprint density at radius 2 is 1.77 bits per heavy atom. The van der Waals surface area contributed by atoms with E-state index in [1.807, 2.05) is 0 Å². The van der Waals surface area contributed by atoms with Gasteiger partial charge in [0.15, 0.2) is 0 Å². The summed E-state index contributed by atoms with van der Waals surface area (Å²) in [5.74, 6) is -1.35.